The lowest BCUT2D eigenvalue weighted by atomic mass is 10.0. The van der Waals surface area contributed by atoms with Crippen LogP contribution in [0.4, 0.5) is 0 Å². The number of esters is 3. The molecule has 7 heteroatoms. The fourth-order valence-corrected chi connectivity index (χ4v) is 1.86. The Bertz CT molecular complexity index is 425. The maximum atomic E-state index is 11.2. The highest BCUT2D eigenvalue weighted by Crippen LogP contribution is 2.30. The molecule has 0 amide bonds. The first-order valence-corrected chi connectivity index (χ1v) is 5.35. The summed E-state index contributed by atoms with van der Waals surface area (Å²) in [4.78, 5) is 33.1. The Morgan fingerprint density at radius 2 is 1.94 bits per heavy atom. The standard InChI is InChI=1S/C11H12O7/c1-5(12)16-8-4-15-11(17-6(2)13)10-7(8)3-9(14)18-10/h3,8,10-11H,4H2,1-2H3/t8-,10-,11-/m1/s1. The molecule has 0 N–H and O–H groups in total. The molecule has 18 heavy (non-hydrogen) atoms. The topological polar surface area (TPSA) is 88.1 Å². The van der Waals surface area contributed by atoms with Crippen molar-refractivity contribution in [2.75, 3.05) is 6.61 Å². The molecular weight excluding hydrogens is 244 g/mol. The van der Waals surface area contributed by atoms with E-state index < -0.39 is 36.4 Å². The summed E-state index contributed by atoms with van der Waals surface area (Å²) in [7, 11) is 0. The number of rotatable bonds is 2. The Labute approximate surface area is 103 Å². The van der Waals surface area contributed by atoms with Crippen molar-refractivity contribution in [3.63, 3.8) is 0 Å². The summed E-state index contributed by atoms with van der Waals surface area (Å²) in [5, 5.41) is 0. The minimum Gasteiger partial charge on any atom is -0.455 e. The molecule has 3 atom stereocenters. The van der Waals surface area contributed by atoms with Crippen molar-refractivity contribution >= 4 is 17.9 Å². The van der Waals surface area contributed by atoms with Crippen LogP contribution in [0, 0.1) is 0 Å². The van der Waals surface area contributed by atoms with E-state index in [-0.39, 0.29) is 6.61 Å². The zero-order valence-corrected chi connectivity index (χ0v) is 9.87. The van der Waals surface area contributed by atoms with Gasteiger partial charge in [0.05, 0.1) is 6.61 Å². The minimum atomic E-state index is -0.994. The molecule has 0 aromatic heterocycles. The molecule has 0 saturated carbocycles. The van der Waals surface area contributed by atoms with Crippen molar-refractivity contribution in [2.45, 2.75) is 32.3 Å². The van der Waals surface area contributed by atoms with Gasteiger partial charge in [0, 0.05) is 25.5 Å². The van der Waals surface area contributed by atoms with Crippen molar-refractivity contribution in [3.05, 3.63) is 11.6 Å². The summed E-state index contributed by atoms with van der Waals surface area (Å²) >= 11 is 0. The van der Waals surface area contributed by atoms with E-state index in [1.165, 1.54) is 19.9 Å². The van der Waals surface area contributed by atoms with Gasteiger partial charge >= 0.3 is 17.9 Å². The zero-order valence-electron chi connectivity index (χ0n) is 9.87. The van der Waals surface area contributed by atoms with Crippen LogP contribution >= 0.6 is 0 Å². The molecule has 2 rings (SSSR count). The third-order valence-corrected chi connectivity index (χ3v) is 2.48. The van der Waals surface area contributed by atoms with Crippen molar-refractivity contribution in [1.29, 1.82) is 0 Å². The predicted octanol–water partition coefficient (Wildman–Crippen LogP) is -0.311. The molecule has 0 aliphatic carbocycles. The second-order valence-electron chi connectivity index (χ2n) is 3.91. The molecule has 0 radical (unpaired) electrons. The lowest BCUT2D eigenvalue weighted by molar-refractivity contribution is -0.221. The molecule has 0 aromatic carbocycles. The van der Waals surface area contributed by atoms with Crippen LogP contribution in [0.1, 0.15) is 13.8 Å². The fourth-order valence-electron chi connectivity index (χ4n) is 1.86. The van der Waals surface area contributed by atoms with Gasteiger partial charge in [-0.25, -0.2) is 4.79 Å². The molecule has 2 aliphatic heterocycles. The van der Waals surface area contributed by atoms with E-state index in [4.69, 9.17) is 18.9 Å². The molecule has 1 saturated heterocycles. The molecule has 1 fully saturated rings. The second kappa shape index (κ2) is 4.77. The van der Waals surface area contributed by atoms with Gasteiger partial charge in [0.15, 0.2) is 12.2 Å². The number of fused-ring (bicyclic) bond motifs is 1. The maximum Gasteiger partial charge on any atom is 0.331 e. The second-order valence-corrected chi connectivity index (χ2v) is 3.91. The highest BCUT2D eigenvalue weighted by Gasteiger charge is 2.45. The van der Waals surface area contributed by atoms with Crippen molar-refractivity contribution in [2.24, 2.45) is 0 Å². The van der Waals surface area contributed by atoms with Gasteiger partial charge < -0.3 is 18.9 Å². The van der Waals surface area contributed by atoms with Crippen molar-refractivity contribution in [3.8, 4) is 0 Å². The van der Waals surface area contributed by atoms with E-state index in [1.54, 1.807) is 0 Å². The number of hydrogen-bond acceptors (Lipinski definition) is 7. The van der Waals surface area contributed by atoms with Crippen LogP contribution in [0.25, 0.3) is 0 Å². The van der Waals surface area contributed by atoms with Crippen LogP contribution < -0.4 is 0 Å². The zero-order chi connectivity index (χ0) is 13.3. The quantitative estimate of drug-likeness (QED) is 0.494. The Kier molecular flexibility index (Phi) is 3.33. The third kappa shape index (κ3) is 2.51. The molecule has 2 heterocycles. The molecular formula is C11H12O7. The molecule has 2 aliphatic rings. The predicted molar refractivity (Wildman–Crippen MR) is 55.0 cm³/mol. The summed E-state index contributed by atoms with van der Waals surface area (Å²) < 4.78 is 20.1. The smallest absolute Gasteiger partial charge is 0.331 e. The summed E-state index contributed by atoms with van der Waals surface area (Å²) in [5.74, 6) is -1.61. The SMILES string of the molecule is CC(=O)O[C@H]1OC[C@@H](OC(C)=O)C2=CC(=O)O[C@H]21. The van der Waals surface area contributed by atoms with E-state index in [9.17, 15) is 14.4 Å². The number of carbonyl (C=O) groups excluding carboxylic acids is 3. The van der Waals surface area contributed by atoms with Crippen LogP contribution in [0.5, 0.6) is 0 Å². The van der Waals surface area contributed by atoms with Gasteiger partial charge in [-0.1, -0.05) is 0 Å². The van der Waals surface area contributed by atoms with Crippen LogP contribution in [-0.2, 0) is 33.3 Å². The molecule has 0 aromatic rings. The number of carbonyl (C=O) groups is 3. The van der Waals surface area contributed by atoms with Gasteiger partial charge in [-0.15, -0.1) is 0 Å². The third-order valence-electron chi connectivity index (χ3n) is 2.48. The normalized spacial score (nSPS) is 30.0. The van der Waals surface area contributed by atoms with Gasteiger partial charge in [0.2, 0.25) is 6.29 Å². The average Bonchev–Trinajstić information content (AvgIpc) is 2.63. The van der Waals surface area contributed by atoms with Gasteiger partial charge in [-0.05, 0) is 0 Å². The summed E-state index contributed by atoms with van der Waals surface area (Å²) in [6.45, 7) is 2.49. The van der Waals surface area contributed by atoms with E-state index in [2.05, 4.69) is 0 Å². The number of hydrogen-bond donors (Lipinski definition) is 0. The van der Waals surface area contributed by atoms with E-state index in [1.807, 2.05) is 0 Å². The molecule has 0 spiro atoms. The molecule has 7 nitrogen and oxygen atoms in total. The summed E-state index contributed by atoms with van der Waals surface area (Å²) in [6.07, 6.45) is -1.30. The van der Waals surface area contributed by atoms with E-state index in [0.29, 0.717) is 5.57 Å². The number of ether oxygens (including phenoxy) is 4. The highest BCUT2D eigenvalue weighted by molar-refractivity contribution is 5.86. The first-order chi connectivity index (χ1) is 8.47. The highest BCUT2D eigenvalue weighted by atomic mass is 16.7. The summed E-state index contributed by atoms with van der Waals surface area (Å²) in [5.41, 5.74) is 0.452. The van der Waals surface area contributed by atoms with Crippen molar-refractivity contribution < 1.29 is 33.3 Å². The lowest BCUT2D eigenvalue weighted by Crippen LogP contribution is -2.46. The van der Waals surface area contributed by atoms with E-state index >= 15 is 0 Å². The Morgan fingerprint density at radius 3 is 2.56 bits per heavy atom. The Morgan fingerprint density at radius 1 is 1.28 bits per heavy atom. The largest absolute Gasteiger partial charge is 0.455 e. The minimum absolute atomic E-state index is 0.0104. The summed E-state index contributed by atoms with van der Waals surface area (Å²) in [6, 6.07) is 0. The average molecular weight is 256 g/mol. The first kappa shape index (κ1) is 12.6. The van der Waals surface area contributed by atoms with Gasteiger partial charge in [-0.2, -0.15) is 0 Å². The van der Waals surface area contributed by atoms with Crippen LogP contribution in [0.3, 0.4) is 0 Å². The Balaban J connectivity index is 2.15. The maximum absolute atomic E-state index is 11.2. The van der Waals surface area contributed by atoms with Crippen LogP contribution in [0.2, 0.25) is 0 Å². The lowest BCUT2D eigenvalue weighted by Gasteiger charge is -2.33. The van der Waals surface area contributed by atoms with Crippen molar-refractivity contribution in [1.82, 2.24) is 0 Å². The van der Waals surface area contributed by atoms with Gasteiger partial charge in [0.1, 0.15) is 0 Å². The Hall–Kier alpha value is -1.89. The molecule has 0 bridgehead atoms. The molecule has 0 unspecified atom stereocenters. The first-order valence-electron chi connectivity index (χ1n) is 5.35. The van der Waals surface area contributed by atoms with Crippen LogP contribution in [-0.4, -0.2) is 43.0 Å². The monoisotopic (exact) mass is 256 g/mol. The van der Waals surface area contributed by atoms with Gasteiger partial charge in [-0.3, -0.25) is 9.59 Å². The fraction of sp³-hybridized carbons (Fsp3) is 0.545. The van der Waals surface area contributed by atoms with Crippen LogP contribution in [0.15, 0.2) is 11.6 Å². The van der Waals surface area contributed by atoms with Gasteiger partial charge in [0.25, 0.3) is 0 Å². The molecule has 98 valence electrons. The van der Waals surface area contributed by atoms with E-state index in [0.717, 1.165) is 0 Å².